The predicted molar refractivity (Wildman–Crippen MR) is 74.8 cm³/mol. The van der Waals surface area contributed by atoms with Crippen LogP contribution in [0.1, 0.15) is 31.4 Å². The van der Waals surface area contributed by atoms with Gasteiger partial charge in [0.2, 0.25) is 5.91 Å². The molecule has 1 saturated carbocycles. The Labute approximate surface area is 119 Å². The van der Waals surface area contributed by atoms with Gasteiger partial charge in [0, 0.05) is 25.5 Å². The zero-order valence-corrected chi connectivity index (χ0v) is 11.6. The van der Waals surface area contributed by atoms with Crippen molar-refractivity contribution in [3.8, 4) is 0 Å². The summed E-state index contributed by atoms with van der Waals surface area (Å²) < 4.78 is 5.33. The summed E-state index contributed by atoms with van der Waals surface area (Å²) >= 11 is 0. The zero-order valence-electron chi connectivity index (χ0n) is 11.6. The van der Waals surface area contributed by atoms with Gasteiger partial charge in [-0.25, -0.2) is 0 Å². The number of hydrogen-bond acceptors (Lipinski definition) is 4. The molecule has 1 amide bonds. The molecule has 5 heteroatoms. The van der Waals surface area contributed by atoms with Gasteiger partial charge in [0.05, 0.1) is 17.8 Å². The first-order chi connectivity index (χ1) is 9.69. The standard InChI is InChI=1S/C15H21N3O2/c16-15(6-9-20-10-7-15)14(19)18(13-4-5-13)11-12-3-1-2-8-17-12/h1-3,8,13H,4-7,9-11,16H2. The van der Waals surface area contributed by atoms with Gasteiger partial charge < -0.3 is 15.4 Å². The smallest absolute Gasteiger partial charge is 0.243 e. The highest BCUT2D eigenvalue weighted by atomic mass is 16.5. The van der Waals surface area contributed by atoms with Crippen LogP contribution in [-0.2, 0) is 16.1 Å². The minimum Gasteiger partial charge on any atom is -0.381 e. The van der Waals surface area contributed by atoms with Gasteiger partial charge in [-0.3, -0.25) is 9.78 Å². The third-order valence-electron chi connectivity index (χ3n) is 4.12. The van der Waals surface area contributed by atoms with Crippen LogP contribution in [0.25, 0.3) is 0 Å². The van der Waals surface area contributed by atoms with Crippen LogP contribution in [0.4, 0.5) is 0 Å². The molecule has 1 aromatic heterocycles. The van der Waals surface area contributed by atoms with Crippen molar-refractivity contribution in [2.24, 2.45) is 5.73 Å². The monoisotopic (exact) mass is 275 g/mol. The average molecular weight is 275 g/mol. The summed E-state index contributed by atoms with van der Waals surface area (Å²) in [5.74, 6) is 0.0638. The number of hydrogen-bond donors (Lipinski definition) is 1. The van der Waals surface area contributed by atoms with Crippen molar-refractivity contribution in [1.82, 2.24) is 9.88 Å². The molecule has 2 N–H and O–H groups in total. The van der Waals surface area contributed by atoms with Crippen molar-refractivity contribution in [3.63, 3.8) is 0 Å². The van der Waals surface area contributed by atoms with Crippen molar-refractivity contribution < 1.29 is 9.53 Å². The Kier molecular flexibility index (Phi) is 3.72. The molecule has 0 spiro atoms. The molecular weight excluding hydrogens is 254 g/mol. The van der Waals surface area contributed by atoms with E-state index in [-0.39, 0.29) is 5.91 Å². The minimum atomic E-state index is -0.754. The summed E-state index contributed by atoms with van der Waals surface area (Å²) in [5, 5.41) is 0. The van der Waals surface area contributed by atoms with Crippen LogP contribution in [0.15, 0.2) is 24.4 Å². The Morgan fingerprint density at radius 1 is 1.40 bits per heavy atom. The Hall–Kier alpha value is -1.46. The molecule has 3 rings (SSSR count). The van der Waals surface area contributed by atoms with E-state index in [9.17, 15) is 4.79 Å². The molecule has 108 valence electrons. The van der Waals surface area contributed by atoms with Gasteiger partial charge in [0.15, 0.2) is 0 Å². The van der Waals surface area contributed by atoms with Crippen LogP contribution >= 0.6 is 0 Å². The molecule has 2 fully saturated rings. The zero-order chi connectivity index (χ0) is 14.0. The van der Waals surface area contributed by atoms with E-state index in [1.54, 1.807) is 6.20 Å². The van der Waals surface area contributed by atoms with Crippen LogP contribution in [0, 0.1) is 0 Å². The largest absolute Gasteiger partial charge is 0.381 e. The Bertz CT molecular complexity index is 467. The number of carbonyl (C=O) groups is 1. The first kappa shape index (κ1) is 13.5. The van der Waals surface area contributed by atoms with Gasteiger partial charge in [-0.05, 0) is 37.8 Å². The van der Waals surface area contributed by atoms with Gasteiger partial charge in [-0.2, -0.15) is 0 Å². The number of rotatable bonds is 4. The third-order valence-corrected chi connectivity index (χ3v) is 4.12. The van der Waals surface area contributed by atoms with E-state index in [0.29, 0.717) is 38.6 Å². The summed E-state index contributed by atoms with van der Waals surface area (Å²) in [6.45, 7) is 1.71. The van der Waals surface area contributed by atoms with Crippen LogP contribution in [0.5, 0.6) is 0 Å². The highest BCUT2D eigenvalue weighted by Crippen LogP contribution is 2.32. The van der Waals surface area contributed by atoms with Crippen LogP contribution < -0.4 is 5.73 Å². The van der Waals surface area contributed by atoms with Crippen molar-refractivity contribution in [2.75, 3.05) is 13.2 Å². The van der Waals surface area contributed by atoms with Crippen LogP contribution in [-0.4, -0.2) is 40.6 Å². The first-order valence-electron chi connectivity index (χ1n) is 7.27. The van der Waals surface area contributed by atoms with Gasteiger partial charge in [-0.1, -0.05) is 6.07 Å². The third kappa shape index (κ3) is 2.83. The lowest BCUT2D eigenvalue weighted by atomic mass is 9.89. The summed E-state index contributed by atoms with van der Waals surface area (Å²) in [6.07, 6.45) is 5.13. The Balaban J connectivity index is 1.75. The second-order valence-electron chi connectivity index (χ2n) is 5.75. The summed E-state index contributed by atoms with van der Waals surface area (Å²) in [4.78, 5) is 19.1. The molecular formula is C15H21N3O2. The van der Waals surface area contributed by atoms with Crippen molar-refractivity contribution in [1.29, 1.82) is 0 Å². The molecule has 0 bridgehead atoms. The molecule has 2 heterocycles. The molecule has 5 nitrogen and oxygen atoms in total. The number of ether oxygens (including phenoxy) is 1. The molecule has 0 radical (unpaired) electrons. The fourth-order valence-electron chi connectivity index (χ4n) is 2.65. The molecule has 20 heavy (non-hydrogen) atoms. The molecule has 1 aliphatic heterocycles. The fraction of sp³-hybridized carbons (Fsp3) is 0.600. The maximum atomic E-state index is 12.8. The van der Waals surface area contributed by atoms with Gasteiger partial charge in [-0.15, -0.1) is 0 Å². The number of carbonyl (C=O) groups excluding carboxylic acids is 1. The molecule has 1 aromatic rings. The fourth-order valence-corrected chi connectivity index (χ4v) is 2.65. The number of nitrogens with zero attached hydrogens (tertiary/aromatic N) is 2. The highest BCUT2D eigenvalue weighted by molar-refractivity contribution is 5.86. The number of nitrogens with two attached hydrogens (primary N) is 1. The first-order valence-corrected chi connectivity index (χ1v) is 7.27. The predicted octanol–water partition coefficient (Wildman–Crippen LogP) is 1.08. The van der Waals surface area contributed by atoms with Gasteiger partial charge >= 0.3 is 0 Å². The Morgan fingerprint density at radius 3 is 2.75 bits per heavy atom. The average Bonchev–Trinajstić information content (AvgIpc) is 3.30. The number of aromatic nitrogens is 1. The second-order valence-corrected chi connectivity index (χ2v) is 5.75. The molecule has 0 unspecified atom stereocenters. The SMILES string of the molecule is NC1(C(=O)N(Cc2ccccn2)C2CC2)CCOCC1. The molecule has 1 aliphatic carbocycles. The minimum absolute atomic E-state index is 0.0638. The van der Waals surface area contributed by atoms with E-state index in [1.165, 1.54) is 0 Å². The van der Waals surface area contributed by atoms with Crippen LogP contribution in [0.3, 0.4) is 0 Å². The van der Waals surface area contributed by atoms with E-state index in [4.69, 9.17) is 10.5 Å². The van der Waals surface area contributed by atoms with E-state index in [0.717, 1.165) is 18.5 Å². The maximum Gasteiger partial charge on any atom is 0.243 e. The van der Waals surface area contributed by atoms with Crippen molar-refractivity contribution in [3.05, 3.63) is 30.1 Å². The summed E-state index contributed by atoms with van der Waals surface area (Å²) in [5.41, 5.74) is 6.50. The topological polar surface area (TPSA) is 68.5 Å². The van der Waals surface area contributed by atoms with E-state index in [2.05, 4.69) is 4.98 Å². The normalized spacial score (nSPS) is 21.4. The van der Waals surface area contributed by atoms with E-state index in [1.807, 2.05) is 23.1 Å². The molecule has 0 atom stereocenters. The lowest BCUT2D eigenvalue weighted by molar-refractivity contribution is -0.141. The lowest BCUT2D eigenvalue weighted by Gasteiger charge is -2.36. The molecule has 0 aromatic carbocycles. The highest BCUT2D eigenvalue weighted by Gasteiger charge is 2.43. The lowest BCUT2D eigenvalue weighted by Crippen LogP contribution is -2.58. The van der Waals surface area contributed by atoms with Gasteiger partial charge in [0.1, 0.15) is 0 Å². The number of pyridine rings is 1. The van der Waals surface area contributed by atoms with E-state index >= 15 is 0 Å². The number of amides is 1. The molecule has 1 saturated heterocycles. The van der Waals surface area contributed by atoms with Crippen molar-refractivity contribution in [2.45, 2.75) is 43.8 Å². The Morgan fingerprint density at radius 2 is 2.15 bits per heavy atom. The molecule has 2 aliphatic rings. The maximum absolute atomic E-state index is 12.8. The summed E-state index contributed by atoms with van der Waals surface area (Å²) in [7, 11) is 0. The van der Waals surface area contributed by atoms with E-state index < -0.39 is 5.54 Å². The second kappa shape index (κ2) is 5.50. The van der Waals surface area contributed by atoms with Gasteiger partial charge in [0.25, 0.3) is 0 Å². The summed E-state index contributed by atoms with van der Waals surface area (Å²) in [6, 6.07) is 6.13. The van der Waals surface area contributed by atoms with Crippen LogP contribution in [0.2, 0.25) is 0 Å². The quantitative estimate of drug-likeness (QED) is 0.893. The van der Waals surface area contributed by atoms with Crippen molar-refractivity contribution >= 4 is 5.91 Å².